The van der Waals surface area contributed by atoms with Crippen LogP contribution >= 0.6 is 0 Å². The highest BCUT2D eigenvalue weighted by Crippen LogP contribution is 2.18. The minimum Gasteiger partial charge on any atom is -0.354 e. The van der Waals surface area contributed by atoms with E-state index in [0.29, 0.717) is 5.70 Å². The number of rotatable bonds is 10. The maximum atomic E-state index is 13.1. The molecule has 2 aromatic heterocycles. The van der Waals surface area contributed by atoms with Crippen LogP contribution in [0, 0.1) is 0 Å². The molecule has 0 atom stereocenters. The molecule has 0 bridgehead atoms. The van der Waals surface area contributed by atoms with Crippen molar-refractivity contribution in [2.24, 2.45) is 12.0 Å². The molecule has 0 aliphatic rings. The number of aromatic nitrogens is 4. The smallest absolute Gasteiger partial charge is 0.278 e. The predicted octanol–water partition coefficient (Wildman–Crippen LogP) is 2.72. The van der Waals surface area contributed by atoms with E-state index in [0.717, 1.165) is 12.8 Å². The van der Waals surface area contributed by atoms with Gasteiger partial charge in [-0.3, -0.25) is 24.1 Å². The van der Waals surface area contributed by atoms with E-state index in [9.17, 15) is 14.4 Å². The van der Waals surface area contributed by atoms with Crippen LogP contribution in [0.5, 0.6) is 0 Å². The van der Waals surface area contributed by atoms with E-state index >= 15 is 0 Å². The SMILES string of the molecule is C\C=C(/C=N\C=C\CCC)Nc1ncc(C(C)=O)nc1C(=O)Nc1cnn(C)c1C(=O)NC. The number of ketones is 1. The molecule has 0 unspecified atom stereocenters. The van der Waals surface area contributed by atoms with Crippen LogP contribution in [0.2, 0.25) is 0 Å². The van der Waals surface area contributed by atoms with Crippen LogP contribution in [0.3, 0.4) is 0 Å². The molecule has 33 heavy (non-hydrogen) atoms. The second-order valence-electron chi connectivity index (χ2n) is 6.89. The van der Waals surface area contributed by atoms with Gasteiger partial charge in [0.25, 0.3) is 11.8 Å². The minimum absolute atomic E-state index is 0.0293. The van der Waals surface area contributed by atoms with Gasteiger partial charge in [0.15, 0.2) is 17.3 Å². The number of hydrogen-bond donors (Lipinski definition) is 3. The summed E-state index contributed by atoms with van der Waals surface area (Å²) in [6.07, 6.45) is 11.6. The number of allylic oxidation sites excluding steroid dienone is 3. The maximum absolute atomic E-state index is 13.1. The zero-order valence-electron chi connectivity index (χ0n) is 19.3. The topological polar surface area (TPSA) is 143 Å². The largest absolute Gasteiger partial charge is 0.354 e. The van der Waals surface area contributed by atoms with Crippen molar-refractivity contribution in [2.45, 2.75) is 33.6 Å². The molecule has 0 fully saturated rings. The molecule has 2 aromatic rings. The van der Waals surface area contributed by atoms with Crippen LogP contribution in [-0.2, 0) is 7.05 Å². The number of amides is 2. The second kappa shape index (κ2) is 12.0. The van der Waals surface area contributed by atoms with Crippen molar-refractivity contribution in [3.05, 3.63) is 53.5 Å². The first-order valence-corrected chi connectivity index (χ1v) is 10.4. The van der Waals surface area contributed by atoms with Gasteiger partial charge < -0.3 is 16.0 Å². The van der Waals surface area contributed by atoms with Gasteiger partial charge in [-0.05, 0) is 13.3 Å². The van der Waals surface area contributed by atoms with Crippen molar-refractivity contribution in [2.75, 3.05) is 17.7 Å². The Morgan fingerprint density at radius 1 is 1.18 bits per heavy atom. The highest BCUT2D eigenvalue weighted by Gasteiger charge is 2.22. The van der Waals surface area contributed by atoms with Gasteiger partial charge in [0, 0.05) is 33.4 Å². The molecule has 0 spiro atoms. The molecule has 11 heteroatoms. The summed E-state index contributed by atoms with van der Waals surface area (Å²) in [5.41, 5.74) is 0.834. The number of carbonyl (C=O) groups excluding carboxylic acids is 3. The standard InChI is InChI=1S/C22H28N8O3/c1-6-8-9-10-24-11-15(7-2)27-20-18(28-16(12-25-20)14(3)31)21(32)29-17-13-26-30(5)19(17)22(33)23-4/h7,9-13H,6,8H2,1-5H3,(H,23,33)(H,25,27)(H,29,32)/b10-9+,15-7+,24-11-. The average molecular weight is 453 g/mol. The molecule has 11 nitrogen and oxygen atoms in total. The van der Waals surface area contributed by atoms with Gasteiger partial charge in [-0.25, -0.2) is 9.97 Å². The number of hydrogen-bond acceptors (Lipinski definition) is 8. The lowest BCUT2D eigenvalue weighted by Gasteiger charge is -2.12. The van der Waals surface area contributed by atoms with Gasteiger partial charge in [0.1, 0.15) is 11.4 Å². The van der Waals surface area contributed by atoms with Crippen LogP contribution in [0.25, 0.3) is 0 Å². The Labute approximate surface area is 192 Å². The lowest BCUT2D eigenvalue weighted by Crippen LogP contribution is -2.24. The van der Waals surface area contributed by atoms with Gasteiger partial charge in [0.05, 0.1) is 23.8 Å². The fraction of sp³-hybridized carbons (Fsp3) is 0.318. The molecule has 2 rings (SSSR count). The zero-order valence-corrected chi connectivity index (χ0v) is 19.3. The lowest BCUT2D eigenvalue weighted by molar-refractivity contribution is 0.0953. The number of unbranched alkanes of at least 4 members (excludes halogenated alkanes) is 1. The maximum Gasteiger partial charge on any atom is 0.278 e. The first-order chi connectivity index (χ1) is 15.8. The fourth-order valence-electron chi connectivity index (χ4n) is 2.65. The molecule has 2 heterocycles. The van der Waals surface area contributed by atoms with Crippen molar-refractivity contribution in [3.63, 3.8) is 0 Å². The predicted molar refractivity (Wildman–Crippen MR) is 127 cm³/mol. The van der Waals surface area contributed by atoms with Gasteiger partial charge in [-0.2, -0.15) is 5.10 Å². The number of aliphatic imine (C=N–C) groups is 1. The van der Waals surface area contributed by atoms with E-state index in [1.807, 2.05) is 6.08 Å². The zero-order chi connectivity index (χ0) is 24.4. The number of carbonyl (C=O) groups is 3. The number of Topliss-reactive ketones (excluding diaryl/α,β-unsaturated/α-hetero) is 1. The van der Waals surface area contributed by atoms with Gasteiger partial charge in [-0.1, -0.05) is 25.5 Å². The Bertz CT molecular complexity index is 1110. The van der Waals surface area contributed by atoms with Crippen LogP contribution < -0.4 is 16.0 Å². The Kier molecular flexibility index (Phi) is 9.16. The Morgan fingerprint density at radius 2 is 1.94 bits per heavy atom. The first kappa shape index (κ1) is 25.1. The van der Waals surface area contributed by atoms with E-state index < -0.39 is 11.8 Å². The summed E-state index contributed by atoms with van der Waals surface area (Å²) in [4.78, 5) is 49.7. The van der Waals surface area contributed by atoms with E-state index in [4.69, 9.17) is 0 Å². The van der Waals surface area contributed by atoms with Crippen molar-refractivity contribution in [3.8, 4) is 0 Å². The molecule has 0 aliphatic heterocycles. The summed E-state index contributed by atoms with van der Waals surface area (Å²) in [5, 5.41) is 12.2. The van der Waals surface area contributed by atoms with E-state index in [-0.39, 0.29) is 34.4 Å². The third kappa shape index (κ3) is 6.66. The molecule has 0 radical (unpaired) electrons. The molecule has 0 saturated carbocycles. The van der Waals surface area contributed by atoms with Crippen molar-refractivity contribution >= 4 is 35.3 Å². The number of nitrogens with one attached hydrogen (secondary N) is 3. The van der Waals surface area contributed by atoms with Crippen molar-refractivity contribution in [1.82, 2.24) is 25.1 Å². The molecule has 2 amide bonds. The summed E-state index contributed by atoms with van der Waals surface area (Å²) in [6, 6.07) is 0. The number of nitrogens with zero attached hydrogens (tertiary/aromatic N) is 5. The monoisotopic (exact) mass is 452 g/mol. The Balaban J connectivity index is 2.37. The minimum atomic E-state index is -0.665. The quantitative estimate of drug-likeness (QED) is 0.371. The third-order valence-corrected chi connectivity index (χ3v) is 4.41. The van der Waals surface area contributed by atoms with Gasteiger partial charge in [-0.15, -0.1) is 0 Å². The summed E-state index contributed by atoms with van der Waals surface area (Å²) in [7, 11) is 3.05. The van der Waals surface area contributed by atoms with Crippen LogP contribution in [0.4, 0.5) is 11.5 Å². The first-order valence-electron chi connectivity index (χ1n) is 10.4. The van der Waals surface area contributed by atoms with Gasteiger partial charge in [0.2, 0.25) is 0 Å². The highest BCUT2D eigenvalue weighted by atomic mass is 16.2. The second-order valence-corrected chi connectivity index (χ2v) is 6.89. The van der Waals surface area contributed by atoms with E-state index in [2.05, 4.69) is 42.9 Å². The van der Waals surface area contributed by atoms with Gasteiger partial charge >= 0.3 is 0 Å². The summed E-state index contributed by atoms with van der Waals surface area (Å²) in [5.74, 6) is -1.30. The molecule has 0 saturated heterocycles. The van der Waals surface area contributed by atoms with Crippen LogP contribution in [0.15, 0.2) is 41.4 Å². The van der Waals surface area contributed by atoms with E-state index in [1.165, 1.54) is 31.0 Å². The van der Waals surface area contributed by atoms with E-state index in [1.54, 1.807) is 32.5 Å². The Morgan fingerprint density at radius 3 is 2.58 bits per heavy atom. The molecule has 174 valence electrons. The normalized spacial score (nSPS) is 11.7. The molecule has 3 N–H and O–H groups in total. The lowest BCUT2D eigenvalue weighted by atomic mass is 10.2. The Hall–Kier alpha value is -4.15. The fourth-order valence-corrected chi connectivity index (χ4v) is 2.65. The third-order valence-electron chi connectivity index (χ3n) is 4.41. The molecular weight excluding hydrogens is 424 g/mol. The highest BCUT2D eigenvalue weighted by molar-refractivity contribution is 6.10. The summed E-state index contributed by atoms with van der Waals surface area (Å²) in [6.45, 7) is 5.20. The molecule has 0 aromatic carbocycles. The molecular formula is C22H28N8O3. The number of aryl methyl sites for hydroxylation is 1. The van der Waals surface area contributed by atoms with Crippen LogP contribution in [0.1, 0.15) is 65.1 Å². The molecule has 0 aliphatic carbocycles. The summed E-state index contributed by atoms with van der Waals surface area (Å²) >= 11 is 0. The summed E-state index contributed by atoms with van der Waals surface area (Å²) < 4.78 is 1.34. The van der Waals surface area contributed by atoms with Crippen molar-refractivity contribution < 1.29 is 14.4 Å². The van der Waals surface area contributed by atoms with Crippen LogP contribution in [-0.4, -0.2) is 50.6 Å². The number of anilines is 2. The van der Waals surface area contributed by atoms with Crippen molar-refractivity contribution in [1.29, 1.82) is 0 Å². The average Bonchev–Trinajstić information content (AvgIpc) is 3.17.